The third-order valence-electron chi connectivity index (χ3n) is 5.19. The second-order valence-electron chi connectivity index (χ2n) is 7.06. The molecule has 0 unspecified atom stereocenters. The van der Waals surface area contributed by atoms with E-state index in [9.17, 15) is 13.2 Å². The van der Waals surface area contributed by atoms with Gasteiger partial charge in [-0.15, -0.1) is 0 Å². The van der Waals surface area contributed by atoms with Gasteiger partial charge in [0, 0.05) is 50.3 Å². The molecular weight excluding hydrogens is 378 g/mol. The van der Waals surface area contributed by atoms with Crippen LogP contribution >= 0.6 is 0 Å². The van der Waals surface area contributed by atoms with Crippen molar-refractivity contribution in [3.63, 3.8) is 0 Å². The van der Waals surface area contributed by atoms with Crippen LogP contribution < -0.4 is 0 Å². The summed E-state index contributed by atoms with van der Waals surface area (Å²) in [6.45, 7) is 3.25. The fourth-order valence-corrected chi connectivity index (χ4v) is 4.97. The van der Waals surface area contributed by atoms with Crippen LogP contribution in [-0.4, -0.2) is 64.2 Å². The van der Waals surface area contributed by atoms with Crippen LogP contribution in [0.3, 0.4) is 0 Å². The van der Waals surface area contributed by atoms with Crippen molar-refractivity contribution >= 4 is 26.8 Å². The van der Waals surface area contributed by atoms with Gasteiger partial charge in [0.05, 0.1) is 0 Å². The van der Waals surface area contributed by atoms with Crippen LogP contribution in [0.25, 0.3) is 10.9 Å². The van der Waals surface area contributed by atoms with Gasteiger partial charge in [0.2, 0.25) is 0 Å². The molecule has 0 saturated carbocycles. The SMILES string of the molecule is Cc1nc(S(=O)(=O)N2CCCN(C(=O)c3cc4ccccc4[nH]3)CC2)cn1C. The first-order valence-corrected chi connectivity index (χ1v) is 10.7. The molecule has 4 rings (SSSR count). The van der Waals surface area contributed by atoms with Crippen molar-refractivity contribution in [3.8, 4) is 0 Å². The minimum atomic E-state index is -3.67. The monoisotopic (exact) mass is 401 g/mol. The molecule has 1 aliphatic heterocycles. The summed E-state index contributed by atoms with van der Waals surface area (Å²) < 4.78 is 28.9. The highest BCUT2D eigenvalue weighted by Gasteiger charge is 2.30. The summed E-state index contributed by atoms with van der Waals surface area (Å²) in [6, 6.07) is 9.57. The molecule has 28 heavy (non-hydrogen) atoms. The maximum Gasteiger partial charge on any atom is 0.270 e. The Hall–Kier alpha value is -2.65. The van der Waals surface area contributed by atoms with Crippen molar-refractivity contribution in [3.05, 3.63) is 48.0 Å². The molecule has 2 aromatic heterocycles. The Bertz CT molecular complexity index is 1080. The molecule has 1 N–H and O–H groups in total. The quantitative estimate of drug-likeness (QED) is 0.724. The van der Waals surface area contributed by atoms with Crippen LogP contribution in [-0.2, 0) is 17.1 Å². The minimum absolute atomic E-state index is 0.0582. The second kappa shape index (κ2) is 7.06. The summed E-state index contributed by atoms with van der Waals surface area (Å²) in [5, 5.41) is 1.04. The van der Waals surface area contributed by atoms with Gasteiger partial charge >= 0.3 is 0 Å². The third kappa shape index (κ3) is 3.31. The fraction of sp³-hybridized carbons (Fsp3) is 0.368. The number of nitrogens with zero attached hydrogens (tertiary/aromatic N) is 4. The van der Waals surface area contributed by atoms with Gasteiger partial charge < -0.3 is 14.5 Å². The van der Waals surface area contributed by atoms with E-state index in [1.807, 2.05) is 30.3 Å². The average Bonchev–Trinajstić information content (AvgIpc) is 3.15. The predicted molar refractivity (Wildman–Crippen MR) is 106 cm³/mol. The first kappa shape index (κ1) is 18.7. The van der Waals surface area contributed by atoms with Crippen LogP contribution in [0.4, 0.5) is 0 Å². The van der Waals surface area contributed by atoms with Crippen LogP contribution in [0.1, 0.15) is 22.7 Å². The first-order valence-electron chi connectivity index (χ1n) is 9.23. The third-order valence-corrected chi connectivity index (χ3v) is 6.96. The van der Waals surface area contributed by atoms with Gasteiger partial charge in [0.1, 0.15) is 11.5 Å². The number of benzene rings is 1. The molecule has 0 spiro atoms. The van der Waals surface area contributed by atoms with Crippen molar-refractivity contribution in [1.29, 1.82) is 0 Å². The number of amides is 1. The fourth-order valence-electron chi connectivity index (χ4n) is 3.48. The number of nitrogens with one attached hydrogen (secondary N) is 1. The second-order valence-corrected chi connectivity index (χ2v) is 8.94. The number of H-pyrrole nitrogens is 1. The van der Waals surface area contributed by atoms with Gasteiger partial charge in [-0.3, -0.25) is 4.79 Å². The number of hydrogen-bond acceptors (Lipinski definition) is 4. The van der Waals surface area contributed by atoms with Gasteiger partial charge in [0.25, 0.3) is 15.9 Å². The van der Waals surface area contributed by atoms with Crippen molar-refractivity contribution in [2.24, 2.45) is 7.05 Å². The summed E-state index contributed by atoms with van der Waals surface area (Å²) >= 11 is 0. The number of sulfonamides is 1. The highest BCUT2D eigenvalue weighted by Crippen LogP contribution is 2.19. The Balaban J connectivity index is 1.51. The Morgan fingerprint density at radius 2 is 1.93 bits per heavy atom. The zero-order chi connectivity index (χ0) is 19.9. The van der Waals surface area contributed by atoms with E-state index < -0.39 is 10.0 Å². The lowest BCUT2D eigenvalue weighted by atomic mass is 10.2. The molecule has 3 aromatic rings. The average molecular weight is 401 g/mol. The van der Waals surface area contributed by atoms with Crippen molar-refractivity contribution < 1.29 is 13.2 Å². The summed E-state index contributed by atoms with van der Waals surface area (Å²) in [5.41, 5.74) is 1.44. The summed E-state index contributed by atoms with van der Waals surface area (Å²) in [7, 11) is -1.90. The van der Waals surface area contributed by atoms with Gasteiger partial charge in [-0.05, 0) is 25.5 Å². The number of rotatable bonds is 3. The Kier molecular flexibility index (Phi) is 4.72. The Morgan fingerprint density at radius 1 is 1.14 bits per heavy atom. The number of fused-ring (bicyclic) bond motifs is 1. The van der Waals surface area contributed by atoms with Crippen molar-refractivity contribution in [1.82, 2.24) is 23.7 Å². The van der Waals surface area contributed by atoms with E-state index in [1.54, 1.807) is 23.4 Å². The van der Waals surface area contributed by atoms with Crippen LogP contribution in [0.5, 0.6) is 0 Å². The molecule has 0 atom stereocenters. The number of aromatic amines is 1. The van der Waals surface area contributed by atoms with Gasteiger partial charge in [-0.2, -0.15) is 4.31 Å². The standard InChI is InChI=1S/C19H23N5O3S/c1-14-20-18(13-22(14)2)28(26,27)24-9-5-8-23(10-11-24)19(25)17-12-15-6-3-4-7-16(15)21-17/h3-4,6-7,12-13,21H,5,8-11H2,1-2H3. The molecule has 0 radical (unpaired) electrons. The van der Waals surface area contributed by atoms with Gasteiger partial charge in [0.15, 0.2) is 5.03 Å². The normalized spacial score (nSPS) is 16.4. The highest BCUT2D eigenvalue weighted by molar-refractivity contribution is 7.89. The molecule has 0 aliphatic carbocycles. The van der Waals surface area contributed by atoms with E-state index in [1.165, 1.54) is 10.5 Å². The number of carbonyl (C=O) groups excluding carboxylic acids is 1. The van der Waals surface area contributed by atoms with E-state index in [2.05, 4.69) is 9.97 Å². The molecular formula is C19H23N5O3S. The molecule has 1 amide bonds. The first-order chi connectivity index (χ1) is 13.4. The molecule has 1 fully saturated rings. The smallest absolute Gasteiger partial charge is 0.270 e. The largest absolute Gasteiger partial charge is 0.351 e. The number of carbonyl (C=O) groups is 1. The number of imidazole rings is 1. The Morgan fingerprint density at radius 3 is 2.64 bits per heavy atom. The van der Waals surface area contributed by atoms with E-state index in [-0.39, 0.29) is 17.5 Å². The van der Waals surface area contributed by atoms with Crippen LogP contribution in [0.2, 0.25) is 0 Å². The van der Waals surface area contributed by atoms with Gasteiger partial charge in [-0.25, -0.2) is 13.4 Å². The van der Waals surface area contributed by atoms with E-state index in [0.717, 1.165) is 10.9 Å². The molecule has 1 aliphatic rings. The Labute approximate surface area is 163 Å². The number of aryl methyl sites for hydroxylation is 2. The zero-order valence-corrected chi connectivity index (χ0v) is 16.7. The van der Waals surface area contributed by atoms with Crippen molar-refractivity contribution in [2.75, 3.05) is 26.2 Å². The van der Waals surface area contributed by atoms with Crippen molar-refractivity contribution in [2.45, 2.75) is 18.4 Å². The predicted octanol–water partition coefficient (Wildman–Crippen LogP) is 1.75. The zero-order valence-electron chi connectivity index (χ0n) is 15.9. The maximum atomic E-state index is 12.9. The van der Waals surface area contributed by atoms with Gasteiger partial charge in [-0.1, -0.05) is 18.2 Å². The molecule has 3 heterocycles. The minimum Gasteiger partial charge on any atom is -0.351 e. The maximum absolute atomic E-state index is 12.9. The van der Waals surface area contributed by atoms with E-state index >= 15 is 0 Å². The number of para-hydroxylation sites is 1. The summed E-state index contributed by atoms with van der Waals surface area (Å²) in [4.78, 5) is 21.9. The number of hydrogen-bond donors (Lipinski definition) is 1. The topological polar surface area (TPSA) is 91.3 Å². The molecule has 8 nitrogen and oxygen atoms in total. The molecule has 0 bridgehead atoms. The molecule has 1 saturated heterocycles. The molecule has 9 heteroatoms. The van der Waals surface area contributed by atoms with Crippen LogP contribution in [0, 0.1) is 6.92 Å². The lowest BCUT2D eigenvalue weighted by Gasteiger charge is -2.21. The molecule has 148 valence electrons. The molecule has 1 aromatic carbocycles. The summed E-state index contributed by atoms with van der Waals surface area (Å²) in [5.74, 6) is 0.535. The number of aromatic nitrogens is 3. The van der Waals surface area contributed by atoms with Crippen LogP contribution in [0.15, 0.2) is 41.6 Å². The van der Waals surface area contributed by atoms with E-state index in [4.69, 9.17) is 0 Å². The van der Waals surface area contributed by atoms with E-state index in [0.29, 0.717) is 37.6 Å². The summed E-state index contributed by atoms with van der Waals surface area (Å²) in [6.07, 6.45) is 2.11. The lowest BCUT2D eigenvalue weighted by Crippen LogP contribution is -2.37. The lowest BCUT2D eigenvalue weighted by molar-refractivity contribution is 0.0759. The highest BCUT2D eigenvalue weighted by atomic mass is 32.2.